The molecule has 0 heterocycles. The lowest BCUT2D eigenvalue weighted by Crippen LogP contribution is -2.45. The van der Waals surface area contributed by atoms with E-state index in [9.17, 15) is 13.2 Å². The summed E-state index contributed by atoms with van der Waals surface area (Å²) in [4.78, 5) is 13.3. The summed E-state index contributed by atoms with van der Waals surface area (Å²) in [6, 6.07) is 28.3. The molecule has 0 saturated heterocycles. The van der Waals surface area contributed by atoms with Crippen LogP contribution in [0.4, 0.5) is 5.69 Å². The van der Waals surface area contributed by atoms with Crippen molar-refractivity contribution < 1.29 is 13.2 Å². The van der Waals surface area contributed by atoms with Gasteiger partial charge in [0.05, 0.1) is 4.90 Å². The van der Waals surface area contributed by atoms with Gasteiger partial charge in [-0.15, -0.1) is 0 Å². The number of fused-ring (bicyclic) bond motifs is 1. The Kier molecular flexibility index (Phi) is 6.35. The minimum absolute atomic E-state index is 0.123. The van der Waals surface area contributed by atoms with Crippen LogP contribution in [0.15, 0.2) is 102 Å². The van der Waals surface area contributed by atoms with Crippen LogP contribution in [0.3, 0.4) is 0 Å². The lowest BCUT2D eigenvalue weighted by molar-refractivity contribution is -0.117. The van der Waals surface area contributed by atoms with E-state index in [2.05, 4.69) is 10.0 Å². The van der Waals surface area contributed by atoms with Gasteiger partial charge >= 0.3 is 0 Å². The molecule has 0 aliphatic heterocycles. The predicted molar refractivity (Wildman–Crippen MR) is 128 cm³/mol. The number of aryl methyl sites for hydroxylation is 1. The number of hydrogen-bond donors (Lipinski definition) is 2. The van der Waals surface area contributed by atoms with Gasteiger partial charge in [0.2, 0.25) is 15.9 Å². The fourth-order valence-corrected chi connectivity index (χ4v) is 4.79. The Bertz CT molecular complexity index is 1350. The number of nitrogens with one attached hydrogen (secondary N) is 2. The second-order valence-corrected chi connectivity index (χ2v) is 9.39. The molecule has 1 atom stereocenters. The van der Waals surface area contributed by atoms with Crippen LogP contribution in [0.2, 0.25) is 0 Å². The number of para-hydroxylation sites is 1. The summed E-state index contributed by atoms with van der Waals surface area (Å²) in [5, 5.41) is 4.64. The fourth-order valence-electron chi connectivity index (χ4n) is 3.56. The van der Waals surface area contributed by atoms with E-state index >= 15 is 0 Å². The summed E-state index contributed by atoms with van der Waals surface area (Å²) in [6.07, 6.45) is 0.228. The number of carbonyl (C=O) groups is 1. The average molecular weight is 445 g/mol. The van der Waals surface area contributed by atoms with Crippen LogP contribution in [0.5, 0.6) is 0 Å². The largest absolute Gasteiger partial charge is 0.324 e. The molecule has 5 nitrogen and oxygen atoms in total. The van der Waals surface area contributed by atoms with E-state index in [0.29, 0.717) is 5.69 Å². The number of rotatable bonds is 7. The second-order valence-electron chi connectivity index (χ2n) is 7.68. The minimum Gasteiger partial charge on any atom is -0.324 e. The highest BCUT2D eigenvalue weighted by Crippen LogP contribution is 2.20. The van der Waals surface area contributed by atoms with E-state index in [-0.39, 0.29) is 11.3 Å². The number of amides is 1. The zero-order valence-electron chi connectivity index (χ0n) is 17.7. The molecule has 6 heteroatoms. The molecule has 0 unspecified atom stereocenters. The van der Waals surface area contributed by atoms with Crippen LogP contribution < -0.4 is 10.0 Å². The van der Waals surface area contributed by atoms with Crippen molar-refractivity contribution in [2.75, 3.05) is 5.32 Å². The summed E-state index contributed by atoms with van der Waals surface area (Å²) in [6.45, 7) is 1.89. The molecule has 0 aliphatic rings. The Morgan fingerprint density at radius 1 is 0.812 bits per heavy atom. The molecular formula is C26H24N2O3S. The van der Waals surface area contributed by atoms with Crippen molar-refractivity contribution in [3.05, 3.63) is 108 Å². The topological polar surface area (TPSA) is 75.3 Å². The summed E-state index contributed by atoms with van der Waals surface area (Å²) in [5.41, 5.74) is 2.41. The van der Waals surface area contributed by atoms with E-state index < -0.39 is 22.0 Å². The molecule has 0 aliphatic carbocycles. The molecule has 0 fully saturated rings. The molecule has 1 amide bonds. The van der Waals surface area contributed by atoms with Crippen molar-refractivity contribution >= 4 is 32.4 Å². The third-order valence-electron chi connectivity index (χ3n) is 5.33. The normalized spacial score (nSPS) is 12.4. The van der Waals surface area contributed by atoms with Gasteiger partial charge in [-0.2, -0.15) is 4.72 Å². The maximum Gasteiger partial charge on any atom is 0.242 e. The van der Waals surface area contributed by atoms with Crippen LogP contribution in [0.25, 0.3) is 10.8 Å². The zero-order chi connectivity index (χ0) is 22.6. The van der Waals surface area contributed by atoms with Gasteiger partial charge < -0.3 is 5.32 Å². The van der Waals surface area contributed by atoms with Crippen molar-refractivity contribution in [2.45, 2.75) is 24.3 Å². The van der Waals surface area contributed by atoms with E-state index in [1.54, 1.807) is 24.3 Å². The smallest absolute Gasteiger partial charge is 0.242 e. The highest BCUT2D eigenvalue weighted by Gasteiger charge is 2.26. The van der Waals surface area contributed by atoms with Crippen molar-refractivity contribution in [3.63, 3.8) is 0 Å². The highest BCUT2D eigenvalue weighted by molar-refractivity contribution is 7.89. The van der Waals surface area contributed by atoms with Crippen LogP contribution in [0.1, 0.15) is 11.1 Å². The highest BCUT2D eigenvalue weighted by atomic mass is 32.2. The summed E-state index contributed by atoms with van der Waals surface area (Å²) in [5.74, 6) is -0.410. The minimum atomic E-state index is -3.93. The molecule has 0 radical (unpaired) electrons. The SMILES string of the molecule is Cc1ccccc1NC(=O)[C@H](Cc1ccccc1)NS(=O)(=O)c1ccc2ccccc2c1. The molecule has 162 valence electrons. The van der Waals surface area contributed by atoms with Gasteiger partial charge in [0, 0.05) is 5.69 Å². The number of anilines is 1. The predicted octanol–water partition coefficient (Wildman–Crippen LogP) is 4.68. The van der Waals surface area contributed by atoms with E-state index in [4.69, 9.17) is 0 Å². The molecule has 0 saturated carbocycles. The third-order valence-corrected chi connectivity index (χ3v) is 6.80. The standard InChI is InChI=1S/C26H24N2O3S/c1-19-9-5-8-14-24(19)27-26(29)25(17-20-10-3-2-4-11-20)28-32(30,31)23-16-15-21-12-6-7-13-22(21)18-23/h2-16,18,25,28H,17H2,1H3,(H,27,29)/t25-/m0/s1. The Morgan fingerprint density at radius 2 is 1.47 bits per heavy atom. The molecule has 4 aromatic carbocycles. The third kappa shape index (κ3) is 5.04. The molecule has 4 rings (SSSR count). The number of hydrogen-bond acceptors (Lipinski definition) is 3. The van der Waals surface area contributed by atoms with Gasteiger partial charge in [-0.1, -0.05) is 78.9 Å². The van der Waals surface area contributed by atoms with E-state index in [0.717, 1.165) is 21.9 Å². The van der Waals surface area contributed by atoms with Gasteiger partial charge in [0.1, 0.15) is 6.04 Å². The molecule has 0 bridgehead atoms. The molecule has 2 N–H and O–H groups in total. The summed E-state index contributed by atoms with van der Waals surface area (Å²) >= 11 is 0. The van der Waals surface area contributed by atoms with Gasteiger partial charge in [-0.25, -0.2) is 8.42 Å². The Labute approximate surface area is 188 Å². The van der Waals surface area contributed by atoms with Gasteiger partial charge in [-0.05, 0) is 53.4 Å². The Balaban J connectivity index is 1.63. The van der Waals surface area contributed by atoms with Crippen LogP contribution in [-0.4, -0.2) is 20.4 Å². The monoisotopic (exact) mass is 444 g/mol. The fraction of sp³-hybridized carbons (Fsp3) is 0.115. The quantitative estimate of drug-likeness (QED) is 0.435. The number of carbonyl (C=O) groups excluding carboxylic acids is 1. The van der Waals surface area contributed by atoms with E-state index in [1.807, 2.05) is 79.7 Å². The maximum absolute atomic E-state index is 13.2. The average Bonchev–Trinajstić information content (AvgIpc) is 2.80. The zero-order valence-corrected chi connectivity index (χ0v) is 18.5. The first-order chi connectivity index (χ1) is 15.4. The molecule has 32 heavy (non-hydrogen) atoms. The van der Waals surface area contributed by atoms with Crippen molar-refractivity contribution in [2.24, 2.45) is 0 Å². The van der Waals surface area contributed by atoms with Crippen molar-refractivity contribution in [1.29, 1.82) is 0 Å². The lowest BCUT2D eigenvalue weighted by Gasteiger charge is -2.19. The van der Waals surface area contributed by atoms with Crippen molar-refractivity contribution in [3.8, 4) is 0 Å². The van der Waals surface area contributed by atoms with Crippen LogP contribution in [-0.2, 0) is 21.2 Å². The Morgan fingerprint density at radius 3 is 2.22 bits per heavy atom. The summed E-state index contributed by atoms with van der Waals surface area (Å²) < 4.78 is 29.0. The van der Waals surface area contributed by atoms with E-state index in [1.165, 1.54) is 0 Å². The first-order valence-electron chi connectivity index (χ1n) is 10.3. The van der Waals surface area contributed by atoms with Crippen molar-refractivity contribution in [1.82, 2.24) is 4.72 Å². The first-order valence-corrected chi connectivity index (χ1v) is 11.8. The molecule has 0 aromatic heterocycles. The molecule has 0 spiro atoms. The number of sulfonamides is 1. The number of benzene rings is 4. The van der Waals surface area contributed by atoms with Gasteiger partial charge in [-0.3, -0.25) is 4.79 Å². The van der Waals surface area contributed by atoms with Crippen LogP contribution >= 0.6 is 0 Å². The maximum atomic E-state index is 13.2. The second kappa shape index (κ2) is 9.34. The van der Waals surface area contributed by atoms with Crippen LogP contribution in [0, 0.1) is 6.92 Å². The Hall–Kier alpha value is -3.48. The van der Waals surface area contributed by atoms with Gasteiger partial charge in [0.15, 0.2) is 0 Å². The lowest BCUT2D eigenvalue weighted by atomic mass is 10.1. The molecule has 4 aromatic rings. The van der Waals surface area contributed by atoms with Gasteiger partial charge in [0.25, 0.3) is 0 Å². The summed E-state index contributed by atoms with van der Waals surface area (Å²) in [7, 11) is -3.93. The molecular weight excluding hydrogens is 420 g/mol. The first kappa shape index (κ1) is 21.7.